The van der Waals surface area contributed by atoms with Gasteiger partial charge in [0.25, 0.3) is 0 Å². The van der Waals surface area contributed by atoms with Gasteiger partial charge in [0.2, 0.25) is 0 Å². The predicted octanol–water partition coefficient (Wildman–Crippen LogP) is 1.75. The molecule has 0 aliphatic heterocycles. The summed E-state index contributed by atoms with van der Waals surface area (Å²) in [6.45, 7) is 0. The van der Waals surface area contributed by atoms with E-state index in [9.17, 15) is 0 Å². The van der Waals surface area contributed by atoms with Crippen molar-refractivity contribution in [2.45, 2.75) is 6.04 Å². The van der Waals surface area contributed by atoms with Crippen LogP contribution in [0.2, 0.25) is 0 Å². The largest absolute Gasteiger partial charge is 0.493 e. The van der Waals surface area contributed by atoms with Crippen LogP contribution in [0.15, 0.2) is 30.6 Å². The van der Waals surface area contributed by atoms with Gasteiger partial charge in [0.15, 0.2) is 11.5 Å². The minimum atomic E-state index is 0.0127. The molecular weight excluding hydrogens is 242 g/mol. The van der Waals surface area contributed by atoms with Crippen LogP contribution in [0, 0.1) is 0 Å². The van der Waals surface area contributed by atoms with E-state index >= 15 is 0 Å². The van der Waals surface area contributed by atoms with Crippen molar-refractivity contribution in [1.82, 2.24) is 15.1 Å². The standard InChI is InChI=1S/C14H19N3O2/c1-15-13(10-8-16-17(2)9-10)11-6-5-7-12(18-3)14(11)19-4/h5-9,13,15H,1-4H3. The highest BCUT2D eigenvalue weighted by Gasteiger charge is 2.20. The van der Waals surface area contributed by atoms with Crippen LogP contribution in [-0.2, 0) is 7.05 Å². The Morgan fingerprint density at radius 1 is 1.26 bits per heavy atom. The summed E-state index contributed by atoms with van der Waals surface area (Å²) in [5.74, 6) is 1.47. The van der Waals surface area contributed by atoms with E-state index in [4.69, 9.17) is 9.47 Å². The molecule has 0 amide bonds. The molecule has 102 valence electrons. The van der Waals surface area contributed by atoms with E-state index in [2.05, 4.69) is 10.4 Å². The summed E-state index contributed by atoms with van der Waals surface area (Å²) in [7, 11) is 7.10. The van der Waals surface area contributed by atoms with Gasteiger partial charge in [-0.1, -0.05) is 12.1 Å². The molecule has 1 atom stereocenters. The maximum absolute atomic E-state index is 5.49. The third-order valence-electron chi connectivity index (χ3n) is 3.09. The number of aromatic nitrogens is 2. The topological polar surface area (TPSA) is 48.3 Å². The second kappa shape index (κ2) is 5.75. The SMILES string of the molecule is CNC(c1cnn(C)c1)c1cccc(OC)c1OC. The minimum Gasteiger partial charge on any atom is -0.493 e. The smallest absolute Gasteiger partial charge is 0.165 e. The van der Waals surface area contributed by atoms with Gasteiger partial charge in [-0.2, -0.15) is 5.10 Å². The number of benzene rings is 1. The molecule has 1 aromatic carbocycles. The second-order valence-electron chi connectivity index (χ2n) is 4.25. The number of hydrogen-bond acceptors (Lipinski definition) is 4. The van der Waals surface area contributed by atoms with E-state index < -0.39 is 0 Å². The van der Waals surface area contributed by atoms with Crippen LogP contribution >= 0.6 is 0 Å². The summed E-state index contributed by atoms with van der Waals surface area (Å²) in [4.78, 5) is 0. The van der Waals surface area contributed by atoms with Gasteiger partial charge in [0.05, 0.1) is 26.5 Å². The highest BCUT2D eigenvalue weighted by Crippen LogP contribution is 2.36. The lowest BCUT2D eigenvalue weighted by Gasteiger charge is -2.19. The number of ether oxygens (including phenoxy) is 2. The fraction of sp³-hybridized carbons (Fsp3) is 0.357. The lowest BCUT2D eigenvalue weighted by atomic mass is 10.0. The van der Waals surface area contributed by atoms with Crippen LogP contribution in [0.5, 0.6) is 11.5 Å². The van der Waals surface area contributed by atoms with E-state index in [0.717, 1.165) is 22.6 Å². The summed E-state index contributed by atoms with van der Waals surface area (Å²) in [5, 5.41) is 7.50. The monoisotopic (exact) mass is 261 g/mol. The van der Waals surface area contributed by atoms with Crippen LogP contribution in [0.25, 0.3) is 0 Å². The van der Waals surface area contributed by atoms with E-state index in [0.29, 0.717) is 0 Å². The minimum absolute atomic E-state index is 0.0127. The molecule has 0 aliphatic rings. The first-order valence-corrected chi connectivity index (χ1v) is 6.08. The Kier molecular flexibility index (Phi) is 4.06. The van der Waals surface area contributed by atoms with Crippen LogP contribution in [0.3, 0.4) is 0 Å². The van der Waals surface area contributed by atoms with E-state index in [1.165, 1.54) is 0 Å². The van der Waals surface area contributed by atoms with Crippen molar-refractivity contribution in [3.8, 4) is 11.5 Å². The Balaban J connectivity index is 2.49. The van der Waals surface area contributed by atoms with Gasteiger partial charge in [0, 0.05) is 24.4 Å². The lowest BCUT2D eigenvalue weighted by Crippen LogP contribution is -2.18. The molecule has 5 heteroatoms. The van der Waals surface area contributed by atoms with Crippen molar-refractivity contribution < 1.29 is 9.47 Å². The zero-order valence-electron chi connectivity index (χ0n) is 11.7. The maximum Gasteiger partial charge on any atom is 0.165 e. The molecule has 0 bridgehead atoms. The van der Waals surface area contributed by atoms with E-state index in [-0.39, 0.29) is 6.04 Å². The normalized spacial score (nSPS) is 12.2. The zero-order valence-corrected chi connectivity index (χ0v) is 11.7. The molecule has 0 radical (unpaired) electrons. The van der Waals surface area contributed by atoms with Crippen molar-refractivity contribution in [2.24, 2.45) is 7.05 Å². The van der Waals surface area contributed by atoms with Crippen LogP contribution in [0.4, 0.5) is 0 Å². The van der Waals surface area contributed by atoms with Gasteiger partial charge in [-0.3, -0.25) is 4.68 Å². The molecule has 1 heterocycles. The highest BCUT2D eigenvalue weighted by molar-refractivity contribution is 5.50. The Morgan fingerprint density at radius 2 is 2.05 bits per heavy atom. The Hall–Kier alpha value is -2.01. The molecule has 0 aliphatic carbocycles. The van der Waals surface area contributed by atoms with Crippen molar-refractivity contribution in [3.05, 3.63) is 41.7 Å². The summed E-state index contributed by atoms with van der Waals surface area (Å²) >= 11 is 0. The first-order valence-electron chi connectivity index (χ1n) is 6.08. The van der Waals surface area contributed by atoms with Gasteiger partial charge in [-0.25, -0.2) is 0 Å². The van der Waals surface area contributed by atoms with Gasteiger partial charge < -0.3 is 14.8 Å². The van der Waals surface area contributed by atoms with Gasteiger partial charge in [-0.15, -0.1) is 0 Å². The van der Waals surface area contributed by atoms with Gasteiger partial charge in [0.1, 0.15) is 0 Å². The number of rotatable bonds is 5. The maximum atomic E-state index is 5.49. The third kappa shape index (κ3) is 2.56. The quantitative estimate of drug-likeness (QED) is 0.890. The molecule has 1 N–H and O–H groups in total. The van der Waals surface area contributed by atoms with E-state index in [1.807, 2.05) is 44.7 Å². The average molecular weight is 261 g/mol. The predicted molar refractivity (Wildman–Crippen MR) is 73.7 cm³/mol. The number of para-hydroxylation sites is 1. The average Bonchev–Trinajstić information content (AvgIpc) is 2.85. The highest BCUT2D eigenvalue weighted by atomic mass is 16.5. The van der Waals surface area contributed by atoms with Crippen molar-refractivity contribution in [1.29, 1.82) is 0 Å². The van der Waals surface area contributed by atoms with Gasteiger partial charge in [-0.05, 0) is 13.1 Å². The number of nitrogens with one attached hydrogen (secondary N) is 1. The number of nitrogens with zero attached hydrogens (tertiary/aromatic N) is 2. The fourth-order valence-corrected chi connectivity index (χ4v) is 2.23. The van der Waals surface area contributed by atoms with Crippen LogP contribution in [-0.4, -0.2) is 31.0 Å². The summed E-state index contributed by atoms with van der Waals surface area (Å²) in [5.41, 5.74) is 2.11. The Labute approximate surface area is 113 Å². The number of methoxy groups -OCH3 is 2. The molecule has 0 fully saturated rings. The molecule has 1 aromatic heterocycles. The van der Waals surface area contributed by atoms with Crippen LogP contribution in [0.1, 0.15) is 17.2 Å². The molecule has 1 unspecified atom stereocenters. The fourth-order valence-electron chi connectivity index (χ4n) is 2.23. The molecule has 19 heavy (non-hydrogen) atoms. The van der Waals surface area contributed by atoms with E-state index in [1.54, 1.807) is 18.9 Å². The molecule has 5 nitrogen and oxygen atoms in total. The van der Waals surface area contributed by atoms with Crippen molar-refractivity contribution in [2.75, 3.05) is 21.3 Å². The summed E-state index contributed by atoms with van der Waals surface area (Å²) < 4.78 is 12.6. The summed E-state index contributed by atoms with van der Waals surface area (Å²) in [6, 6.07) is 5.88. The van der Waals surface area contributed by atoms with Crippen molar-refractivity contribution >= 4 is 0 Å². The lowest BCUT2D eigenvalue weighted by molar-refractivity contribution is 0.349. The number of aryl methyl sites for hydroxylation is 1. The number of hydrogen-bond donors (Lipinski definition) is 1. The molecule has 0 saturated carbocycles. The van der Waals surface area contributed by atoms with Gasteiger partial charge >= 0.3 is 0 Å². The van der Waals surface area contributed by atoms with Crippen LogP contribution < -0.4 is 14.8 Å². The molecule has 2 rings (SSSR count). The summed E-state index contributed by atoms with van der Waals surface area (Å²) in [6.07, 6.45) is 3.83. The third-order valence-corrected chi connectivity index (χ3v) is 3.09. The first kappa shape index (κ1) is 13.4. The molecule has 2 aromatic rings. The molecule has 0 spiro atoms. The zero-order chi connectivity index (χ0) is 13.8. The Morgan fingerprint density at radius 3 is 2.58 bits per heavy atom. The molecular formula is C14H19N3O2. The first-order chi connectivity index (χ1) is 9.21. The molecule has 0 saturated heterocycles. The second-order valence-corrected chi connectivity index (χ2v) is 4.25. The van der Waals surface area contributed by atoms with Crippen molar-refractivity contribution in [3.63, 3.8) is 0 Å². The Bertz CT molecular complexity index is 551.